The van der Waals surface area contributed by atoms with E-state index in [0.717, 1.165) is 37.7 Å². The van der Waals surface area contributed by atoms with E-state index in [1.165, 1.54) is 12.1 Å². The van der Waals surface area contributed by atoms with Gasteiger partial charge < -0.3 is 9.32 Å². The normalized spacial score (nSPS) is 15.5. The molecule has 0 atom stereocenters. The zero-order valence-electron chi connectivity index (χ0n) is 13.7. The van der Waals surface area contributed by atoms with E-state index in [9.17, 15) is 4.39 Å². The maximum Gasteiger partial charge on any atom is 0.225 e. The molecule has 2 aromatic heterocycles. The fraction of sp³-hybridized carbons (Fsp3) is 0.278. The zero-order valence-corrected chi connectivity index (χ0v) is 13.7. The molecule has 0 spiro atoms. The summed E-state index contributed by atoms with van der Waals surface area (Å²) >= 11 is 0. The van der Waals surface area contributed by atoms with Crippen LogP contribution in [0.15, 0.2) is 53.3 Å². The SMILES string of the molecule is Fc1ccc(-c2cnc(CN3CCN(c4ncccn4)CC3)o2)cc1. The Morgan fingerprint density at radius 3 is 2.40 bits per heavy atom. The summed E-state index contributed by atoms with van der Waals surface area (Å²) in [5.41, 5.74) is 0.825. The summed E-state index contributed by atoms with van der Waals surface area (Å²) in [6, 6.07) is 8.04. The Labute approximate surface area is 145 Å². The second-order valence-electron chi connectivity index (χ2n) is 5.94. The molecule has 25 heavy (non-hydrogen) atoms. The lowest BCUT2D eigenvalue weighted by molar-refractivity contribution is 0.226. The summed E-state index contributed by atoms with van der Waals surface area (Å²) < 4.78 is 18.8. The van der Waals surface area contributed by atoms with Crippen molar-refractivity contribution < 1.29 is 8.81 Å². The molecule has 0 radical (unpaired) electrons. The summed E-state index contributed by atoms with van der Waals surface area (Å²) in [5.74, 6) is 1.84. The highest BCUT2D eigenvalue weighted by molar-refractivity contribution is 5.55. The second kappa shape index (κ2) is 6.98. The standard InChI is InChI=1S/C18H18FN5O/c19-15-4-2-14(3-5-15)16-12-22-17(25-16)13-23-8-10-24(11-9-23)18-20-6-1-7-21-18/h1-7,12H,8-11,13H2. The Morgan fingerprint density at radius 1 is 0.960 bits per heavy atom. The molecule has 1 aromatic carbocycles. The molecule has 3 heterocycles. The van der Waals surface area contributed by atoms with Gasteiger partial charge in [-0.1, -0.05) is 0 Å². The van der Waals surface area contributed by atoms with Crippen LogP contribution in [0, 0.1) is 5.82 Å². The van der Waals surface area contributed by atoms with Gasteiger partial charge in [0.2, 0.25) is 11.8 Å². The molecule has 1 saturated heterocycles. The van der Waals surface area contributed by atoms with Gasteiger partial charge in [-0.15, -0.1) is 0 Å². The van der Waals surface area contributed by atoms with Crippen molar-refractivity contribution in [1.82, 2.24) is 19.9 Å². The van der Waals surface area contributed by atoms with Gasteiger partial charge in [-0.05, 0) is 30.3 Å². The Balaban J connectivity index is 1.35. The Morgan fingerprint density at radius 2 is 1.68 bits per heavy atom. The molecule has 0 saturated carbocycles. The molecule has 128 valence electrons. The van der Waals surface area contributed by atoms with Crippen LogP contribution in [0.4, 0.5) is 10.3 Å². The fourth-order valence-electron chi connectivity index (χ4n) is 2.88. The molecule has 0 unspecified atom stereocenters. The Hall–Kier alpha value is -2.80. The van der Waals surface area contributed by atoms with Crippen LogP contribution in [0.5, 0.6) is 0 Å². The first-order chi connectivity index (χ1) is 12.3. The maximum absolute atomic E-state index is 13.0. The van der Waals surface area contributed by atoms with E-state index in [-0.39, 0.29) is 5.82 Å². The van der Waals surface area contributed by atoms with Crippen molar-refractivity contribution in [1.29, 1.82) is 0 Å². The van der Waals surface area contributed by atoms with Crippen molar-refractivity contribution in [2.75, 3.05) is 31.1 Å². The molecule has 0 amide bonds. The number of halogens is 1. The van der Waals surface area contributed by atoms with Gasteiger partial charge in [0.1, 0.15) is 5.82 Å². The first kappa shape index (κ1) is 15.7. The molecule has 6 nitrogen and oxygen atoms in total. The lowest BCUT2D eigenvalue weighted by Crippen LogP contribution is -2.46. The van der Waals surface area contributed by atoms with E-state index in [4.69, 9.17) is 4.42 Å². The predicted molar refractivity (Wildman–Crippen MR) is 91.4 cm³/mol. The third kappa shape index (κ3) is 3.66. The van der Waals surface area contributed by atoms with Crippen LogP contribution in [0.25, 0.3) is 11.3 Å². The third-order valence-electron chi connectivity index (χ3n) is 4.25. The van der Waals surface area contributed by atoms with E-state index in [1.54, 1.807) is 30.7 Å². The molecule has 4 rings (SSSR count). The van der Waals surface area contributed by atoms with Gasteiger partial charge in [-0.3, -0.25) is 4.90 Å². The molecule has 0 aliphatic carbocycles. The number of anilines is 1. The van der Waals surface area contributed by atoms with Gasteiger partial charge in [-0.2, -0.15) is 0 Å². The van der Waals surface area contributed by atoms with E-state index >= 15 is 0 Å². The lowest BCUT2D eigenvalue weighted by Gasteiger charge is -2.33. The number of benzene rings is 1. The highest BCUT2D eigenvalue weighted by atomic mass is 19.1. The Bertz CT molecular complexity index is 813. The smallest absolute Gasteiger partial charge is 0.225 e. The molecule has 1 aliphatic heterocycles. The van der Waals surface area contributed by atoms with Gasteiger partial charge >= 0.3 is 0 Å². The number of rotatable bonds is 4. The van der Waals surface area contributed by atoms with Gasteiger partial charge in [0.05, 0.1) is 12.7 Å². The Kier molecular flexibility index (Phi) is 4.39. The predicted octanol–water partition coefficient (Wildman–Crippen LogP) is 2.59. The molecular weight excluding hydrogens is 321 g/mol. The van der Waals surface area contributed by atoms with Crippen LogP contribution in [0.1, 0.15) is 5.89 Å². The van der Waals surface area contributed by atoms with Gasteiger partial charge in [0, 0.05) is 44.1 Å². The maximum atomic E-state index is 13.0. The van der Waals surface area contributed by atoms with Gasteiger partial charge in [0.15, 0.2) is 5.76 Å². The number of hydrogen-bond donors (Lipinski definition) is 0. The van der Waals surface area contributed by atoms with E-state index in [1.807, 2.05) is 6.07 Å². The largest absolute Gasteiger partial charge is 0.439 e. The summed E-state index contributed by atoms with van der Waals surface area (Å²) in [6.07, 6.45) is 5.22. The molecule has 1 aliphatic rings. The van der Waals surface area contributed by atoms with Crippen molar-refractivity contribution in [3.63, 3.8) is 0 Å². The van der Waals surface area contributed by atoms with Crippen molar-refractivity contribution in [2.45, 2.75) is 6.54 Å². The van der Waals surface area contributed by atoms with Gasteiger partial charge in [-0.25, -0.2) is 19.3 Å². The zero-order chi connectivity index (χ0) is 17.1. The van der Waals surface area contributed by atoms with Crippen molar-refractivity contribution in [3.05, 3.63) is 60.6 Å². The van der Waals surface area contributed by atoms with Crippen LogP contribution in [-0.2, 0) is 6.54 Å². The highest BCUT2D eigenvalue weighted by Crippen LogP contribution is 2.21. The van der Waals surface area contributed by atoms with Crippen LogP contribution < -0.4 is 4.90 Å². The number of nitrogens with zero attached hydrogens (tertiary/aromatic N) is 5. The minimum atomic E-state index is -0.260. The monoisotopic (exact) mass is 339 g/mol. The third-order valence-corrected chi connectivity index (χ3v) is 4.25. The summed E-state index contributed by atoms with van der Waals surface area (Å²) in [7, 11) is 0. The molecule has 0 bridgehead atoms. The van der Waals surface area contributed by atoms with E-state index < -0.39 is 0 Å². The summed E-state index contributed by atoms with van der Waals surface area (Å²) in [4.78, 5) is 17.4. The number of piperazine rings is 1. The van der Waals surface area contributed by atoms with Crippen LogP contribution >= 0.6 is 0 Å². The van der Waals surface area contributed by atoms with Crippen molar-refractivity contribution in [2.24, 2.45) is 0 Å². The quantitative estimate of drug-likeness (QED) is 0.728. The first-order valence-corrected chi connectivity index (χ1v) is 8.23. The number of aromatic nitrogens is 3. The van der Waals surface area contributed by atoms with Crippen LogP contribution in [0.2, 0.25) is 0 Å². The fourth-order valence-corrected chi connectivity index (χ4v) is 2.88. The van der Waals surface area contributed by atoms with E-state index in [2.05, 4.69) is 24.8 Å². The van der Waals surface area contributed by atoms with Gasteiger partial charge in [0.25, 0.3) is 0 Å². The molecular formula is C18H18FN5O. The second-order valence-corrected chi connectivity index (χ2v) is 5.94. The number of oxazole rings is 1. The first-order valence-electron chi connectivity index (χ1n) is 8.23. The molecule has 3 aromatic rings. The number of hydrogen-bond acceptors (Lipinski definition) is 6. The highest BCUT2D eigenvalue weighted by Gasteiger charge is 2.20. The average molecular weight is 339 g/mol. The van der Waals surface area contributed by atoms with Crippen LogP contribution in [0.3, 0.4) is 0 Å². The topological polar surface area (TPSA) is 58.3 Å². The minimum Gasteiger partial charge on any atom is -0.439 e. The summed E-state index contributed by atoms with van der Waals surface area (Å²) in [6.45, 7) is 4.19. The van der Waals surface area contributed by atoms with E-state index in [0.29, 0.717) is 18.2 Å². The molecule has 1 fully saturated rings. The average Bonchev–Trinajstić information content (AvgIpc) is 3.12. The van der Waals surface area contributed by atoms with Crippen molar-refractivity contribution >= 4 is 5.95 Å². The molecule has 7 heteroatoms. The van der Waals surface area contributed by atoms with Crippen molar-refractivity contribution in [3.8, 4) is 11.3 Å². The lowest BCUT2D eigenvalue weighted by atomic mass is 10.2. The van der Waals surface area contributed by atoms with Crippen LogP contribution in [-0.4, -0.2) is 46.0 Å². The molecule has 0 N–H and O–H groups in total. The minimum absolute atomic E-state index is 0.260. The summed E-state index contributed by atoms with van der Waals surface area (Å²) in [5, 5.41) is 0.